The number of hydrogen-bond acceptors (Lipinski definition) is 7. The summed E-state index contributed by atoms with van der Waals surface area (Å²) in [6.07, 6.45) is 2.39. The van der Waals surface area contributed by atoms with Crippen LogP contribution in [0.2, 0.25) is 0 Å². The Morgan fingerprint density at radius 2 is 1.82 bits per heavy atom. The van der Waals surface area contributed by atoms with Gasteiger partial charge in [0.1, 0.15) is 17.1 Å². The average molecular weight is 383 g/mol. The molecule has 0 unspecified atom stereocenters. The first-order valence-corrected chi connectivity index (χ1v) is 9.19. The van der Waals surface area contributed by atoms with E-state index >= 15 is 0 Å². The lowest BCUT2D eigenvalue weighted by Crippen LogP contribution is -2.08. The number of benzene rings is 1. The number of aromatic amines is 1. The van der Waals surface area contributed by atoms with Crippen molar-refractivity contribution in [3.63, 3.8) is 0 Å². The molecule has 8 heteroatoms. The van der Waals surface area contributed by atoms with Gasteiger partial charge < -0.3 is 14.2 Å². The predicted octanol–water partition coefficient (Wildman–Crippen LogP) is 3.54. The summed E-state index contributed by atoms with van der Waals surface area (Å²) in [5, 5.41) is 10.7. The molecule has 3 rings (SSSR count). The highest BCUT2D eigenvalue weighted by atomic mass is 16.5. The molecule has 0 aliphatic rings. The van der Waals surface area contributed by atoms with Gasteiger partial charge in [-0.15, -0.1) is 0 Å². The molecule has 0 bridgehead atoms. The Hall–Kier alpha value is -3.16. The largest absolute Gasteiger partial charge is 0.493 e. The van der Waals surface area contributed by atoms with Crippen molar-refractivity contribution in [2.24, 2.45) is 5.92 Å². The third-order valence-electron chi connectivity index (χ3n) is 4.13. The summed E-state index contributed by atoms with van der Waals surface area (Å²) in [5.41, 5.74) is 3.66. The second-order valence-electron chi connectivity index (χ2n) is 6.63. The fraction of sp³-hybridized carbons (Fsp3) is 0.400. The highest BCUT2D eigenvalue weighted by Gasteiger charge is 2.20. The monoisotopic (exact) mass is 383 g/mol. The molecule has 0 saturated heterocycles. The quantitative estimate of drug-likeness (QED) is 0.635. The molecule has 3 aromatic rings. The Balaban J connectivity index is 2.19. The zero-order valence-corrected chi connectivity index (χ0v) is 16.8. The number of rotatable bonds is 8. The Kier molecular flexibility index (Phi) is 6.08. The SMILES string of the molecule is CCOc1nc(-c2cn[nH]n2)c(CC(C)C)nc1-c1ccc(OC)c(OC)c1. The Bertz CT molecular complexity index is 926. The third kappa shape index (κ3) is 4.05. The van der Waals surface area contributed by atoms with Crippen LogP contribution >= 0.6 is 0 Å². The minimum absolute atomic E-state index is 0.399. The number of hydrogen-bond donors (Lipinski definition) is 1. The highest BCUT2D eigenvalue weighted by Crippen LogP contribution is 2.36. The Morgan fingerprint density at radius 1 is 1.04 bits per heavy atom. The van der Waals surface area contributed by atoms with Gasteiger partial charge in [0.15, 0.2) is 11.5 Å². The van der Waals surface area contributed by atoms with E-state index in [0.29, 0.717) is 47.0 Å². The smallest absolute Gasteiger partial charge is 0.241 e. The number of nitrogens with zero attached hydrogens (tertiary/aromatic N) is 4. The summed E-state index contributed by atoms with van der Waals surface area (Å²) in [6, 6.07) is 5.64. The molecule has 2 heterocycles. The minimum Gasteiger partial charge on any atom is -0.493 e. The van der Waals surface area contributed by atoms with Crippen LogP contribution < -0.4 is 14.2 Å². The summed E-state index contributed by atoms with van der Waals surface area (Å²) in [5.74, 6) is 2.12. The zero-order valence-electron chi connectivity index (χ0n) is 16.8. The lowest BCUT2D eigenvalue weighted by molar-refractivity contribution is 0.327. The zero-order chi connectivity index (χ0) is 20.1. The Labute approximate surface area is 164 Å². The molecule has 0 aliphatic carbocycles. The van der Waals surface area contributed by atoms with Crippen molar-refractivity contribution in [3.05, 3.63) is 30.1 Å². The normalized spacial score (nSPS) is 10.9. The van der Waals surface area contributed by atoms with Crippen LogP contribution in [-0.4, -0.2) is 46.2 Å². The van der Waals surface area contributed by atoms with Crippen molar-refractivity contribution >= 4 is 0 Å². The molecule has 2 aromatic heterocycles. The topological polar surface area (TPSA) is 95.0 Å². The van der Waals surface area contributed by atoms with E-state index in [1.807, 2.05) is 25.1 Å². The average Bonchev–Trinajstić information content (AvgIpc) is 3.22. The van der Waals surface area contributed by atoms with Crippen LogP contribution in [0.25, 0.3) is 22.6 Å². The van der Waals surface area contributed by atoms with Gasteiger partial charge in [-0.25, -0.2) is 9.97 Å². The van der Waals surface area contributed by atoms with E-state index in [1.165, 1.54) is 0 Å². The molecule has 8 nitrogen and oxygen atoms in total. The first kappa shape index (κ1) is 19.6. The van der Waals surface area contributed by atoms with Gasteiger partial charge in [0.2, 0.25) is 5.88 Å². The van der Waals surface area contributed by atoms with E-state index in [2.05, 4.69) is 29.3 Å². The number of ether oxygens (including phenoxy) is 3. The van der Waals surface area contributed by atoms with Gasteiger partial charge in [-0.05, 0) is 37.5 Å². The van der Waals surface area contributed by atoms with E-state index in [9.17, 15) is 0 Å². The van der Waals surface area contributed by atoms with Crippen LogP contribution in [0, 0.1) is 5.92 Å². The van der Waals surface area contributed by atoms with Gasteiger partial charge in [0.25, 0.3) is 0 Å². The highest BCUT2D eigenvalue weighted by molar-refractivity contribution is 5.70. The molecule has 0 saturated carbocycles. The van der Waals surface area contributed by atoms with Crippen molar-refractivity contribution in [1.29, 1.82) is 0 Å². The van der Waals surface area contributed by atoms with E-state index in [4.69, 9.17) is 24.2 Å². The summed E-state index contributed by atoms with van der Waals surface area (Å²) < 4.78 is 16.6. The van der Waals surface area contributed by atoms with E-state index in [1.54, 1.807) is 20.4 Å². The number of methoxy groups -OCH3 is 2. The summed E-state index contributed by atoms with van der Waals surface area (Å²) in [4.78, 5) is 9.68. The number of nitrogens with one attached hydrogen (secondary N) is 1. The van der Waals surface area contributed by atoms with Gasteiger partial charge in [0, 0.05) is 5.56 Å². The van der Waals surface area contributed by atoms with Gasteiger partial charge >= 0.3 is 0 Å². The van der Waals surface area contributed by atoms with Crippen molar-refractivity contribution in [2.45, 2.75) is 27.2 Å². The molecule has 0 atom stereocenters. The molecule has 28 heavy (non-hydrogen) atoms. The van der Waals surface area contributed by atoms with E-state index < -0.39 is 0 Å². The lowest BCUT2D eigenvalue weighted by Gasteiger charge is -2.16. The molecule has 0 aliphatic heterocycles. The van der Waals surface area contributed by atoms with E-state index in [0.717, 1.165) is 17.7 Å². The summed E-state index contributed by atoms with van der Waals surface area (Å²) >= 11 is 0. The maximum absolute atomic E-state index is 5.82. The minimum atomic E-state index is 0.399. The molecule has 0 radical (unpaired) electrons. The van der Waals surface area contributed by atoms with Gasteiger partial charge in [-0.3, -0.25) is 0 Å². The van der Waals surface area contributed by atoms with Crippen molar-refractivity contribution < 1.29 is 14.2 Å². The van der Waals surface area contributed by atoms with Crippen molar-refractivity contribution in [3.8, 4) is 40.0 Å². The lowest BCUT2D eigenvalue weighted by atomic mass is 10.0. The molecule has 1 N–H and O–H groups in total. The molecule has 0 amide bonds. The predicted molar refractivity (Wildman–Crippen MR) is 106 cm³/mol. The molecular weight excluding hydrogens is 358 g/mol. The summed E-state index contributed by atoms with van der Waals surface area (Å²) in [6.45, 7) is 6.66. The van der Waals surface area contributed by atoms with Crippen LogP contribution in [0.3, 0.4) is 0 Å². The number of H-pyrrole nitrogens is 1. The van der Waals surface area contributed by atoms with Crippen molar-refractivity contribution in [1.82, 2.24) is 25.4 Å². The second kappa shape index (κ2) is 8.69. The maximum Gasteiger partial charge on any atom is 0.241 e. The molecule has 0 fully saturated rings. The van der Waals surface area contributed by atoms with E-state index in [-0.39, 0.29) is 0 Å². The maximum atomic E-state index is 5.82. The molecule has 0 spiro atoms. The molecule has 1 aromatic carbocycles. The fourth-order valence-electron chi connectivity index (χ4n) is 2.91. The Morgan fingerprint density at radius 3 is 2.43 bits per heavy atom. The molecule has 148 valence electrons. The fourth-order valence-corrected chi connectivity index (χ4v) is 2.91. The van der Waals surface area contributed by atoms with Crippen LogP contribution in [0.4, 0.5) is 0 Å². The van der Waals surface area contributed by atoms with Crippen LogP contribution in [0.15, 0.2) is 24.4 Å². The van der Waals surface area contributed by atoms with Gasteiger partial charge in [-0.2, -0.15) is 15.4 Å². The second-order valence-corrected chi connectivity index (χ2v) is 6.63. The van der Waals surface area contributed by atoms with Crippen LogP contribution in [0.5, 0.6) is 17.4 Å². The third-order valence-corrected chi connectivity index (χ3v) is 4.13. The first-order valence-electron chi connectivity index (χ1n) is 9.19. The standard InChI is InChI=1S/C20H25N5O3/c1-6-28-20-18(13-7-8-16(26-4)17(10-13)27-5)22-14(9-12(2)3)19(23-20)15-11-21-25-24-15/h7-8,10-12H,6,9H2,1-5H3,(H,21,24,25). The first-order chi connectivity index (χ1) is 13.6. The summed E-state index contributed by atoms with van der Waals surface area (Å²) in [7, 11) is 3.21. The van der Waals surface area contributed by atoms with Gasteiger partial charge in [0.05, 0.1) is 32.7 Å². The number of aromatic nitrogens is 5. The molecular formula is C20H25N5O3. The van der Waals surface area contributed by atoms with Crippen molar-refractivity contribution in [2.75, 3.05) is 20.8 Å². The van der Waals surface area contributed by atoms with Crippen LogP contribution in [0.1, 0.15) is 26.5 Å². The van der Waals surface area contributed by atoms with Crippen LogP contribution in [-0.2, 0) is 6.42 Å². The van der Waals surface area contributed by atoms with Gasteiger partial charge in [-0.1, -0.05) is 13.8 Å².